The highest BCUT2D eigenvalue weighted by Crippen LogP contribution is 2.15. The average Bonchev–Trinajstić information content (AvgIpc) is 3.11. The molecule has 1 unspecified atom stereocenters. The Morgan fingerprint density at radius 2 is 1.00 bits per heavy atom. The molecule has 296 valence electrons. The van der Waals surface area contributed by atoms with E-state index < -0.39 is 12.2 Å². The molecule has 0 aromatic heterocycles. The van der Waals surface area contributed by atoms with Crippen LogP contribution in [-0.2, 0) is 23.8 Å². The number of allylic oxidation sites excluding steroid dienone is 4. The molecule has 0 spiro atoms. The molecule has 0 bridgehead atoms. The van der Waals surface area contributed by atoms with Crippen molar-refractivity contribution in [3.63, 3.8) is 0 Å². The maximum atomic E-state index is 12.8. The fraction of sp³-hybridized carbons (Fsp3) is 0.837. The minimum Gasteiger partial charge on any atom is -0.462 e. The van der Waals surface area contributed by atoms with E-state index in [9.17, 15) is 14.4 Å². The molecule has 0 aromatic rings. The summed E-state index contributed by atoms with van der Waals surface area (Å²) in [6.07, 6.45) is 37.0. The number of ether oxygens (including phenoxy) is 3. The van der Waals surface area contributed by atoms with Crippen molar-refractivity contribution in [2.75, 3.05) is 40.4 Å². The van der Waals surface area contributed by atoms with Crippen molar-refractivity contribution in [2.24, 2.45) is 0 Å². The van der Waals surface area contributed by atoms with Crippen molar-refractivity contribution in [3.8, 4) is 0 Å². The van der Waals surface area contributed by atoms with Crippen molar-refractivity contribution in [1.82, 2.24) is 9.80 Å². The van der Waals surface area contributed by atoms with Crippen molar-refractivity contribution in [3.05, 3.63) is 24.3 Å². The Hall–Kier alpha value is -2.35. The number of esters is 2. The summed E-state index contributed by atoms with van der Waals surface area (Å²) in [6.45, 7) is 5.83. The summed E-state index contributed by atoms with van der Waals surface area (Å²) in [5.41, 5.74) is 0. The molecule has 0 saturated carbocycles. The number of carbonyl (C=O) groups excluding carboxylic acids is 3. The van der Waals surface area contributed by atoms with E-state index in [4.69, 9.17) is 14.2 Å². The second kappa shape index (κ2) is 33.5. The molecule has 51 heavy (non-hydrogen) atoms. The number of carbonyl (C=O) groups is 3. The van der Waals surface area contributed by atoms with Crippen molar-refractivity contribution in [2.45, 2.75) is 193 Å². The largest absolute Gasteiger partial charge is 0.462 e. The molecule has 1 amide bonds. The highest BCUT2D eigenvalue weighted by Gasteiger charge is 2.32. The monoisotopic (exact) mass is 719 g/mol. The topological polar surface area (TPSA) is 85.4 Å². The molecule has 8 heteroatoms. The number of nitrogens with zero attached hydrogens (tertiary/aromatic N) is 2. The molecule has 0 aromatic carbocycles. The lowest BCUT2D eigenvalue weighted by atomic mass is 10.0. The van der Waals surface area contributed by atoms with Crippen molar-refractivity contribution in [1.29, 1.82) is 0 Å². The van der Waals surface area contributed by atoms with Gasteiger partial charge >= 0.3 is 18.0 Å². The van der Waals surface area contributed by atoms with Gasteiger partial charge in [0.25, 0.3) is 0 Å². The minimum atomic E-state index is -0.832. The molecule has 1 fully saturated rings. The Morgan fingerprint density at radius 3 is 1.45 bits per heavy atom. The lowest BCUT2D eigenvalue weighted by Gasteiger charge is -2.41. The molecule has 1 atom stereocenters. The standard InChI is InChI=1S/C43H78N2O6/c1-5-7-9-11-13-15-17-19-20-22-24-26-28-30-32-34-42(47)50-38-40(51-43(48)45(4)39-35-44(3)36-39)37-49-41(46)33-31-29-27-25-23-21-18-16-14-12-10-8-6-2/h13,15,19-20,39-40H,5-12,14,16-18,21-38H2,1-4H3/b15-13-,20-19-. The maximum absolute atomic E-state index is 12.8. The highest BCUT2D eigenvalue weighted by molar-refractivity contribution is 5.70. The first-order chi connectivity index (χ1) is 24.9. The molecule has 1 rings (SSSR count). The van der Waals surface area contributed by atoms with Gasteiger partial charge in [-0.2, -0.15) is 0 Å². The van der Waals surface area contributed by atoms with Crippen LogP contribution < -0.4 is 0 Å². The Labute approximate surface area is 313 Å². The Kier molecular flexibility index (Phi) is 30.6. The predicted molar refractivity (Wildman–Crippen MR) is 211 cm³/mol. The number of unbranched alkanes of at least 4 members (excludes halogenated alkanes) is 20. The maximum Gasteiger partial charge on any atom is 0.410 e. The lowest BCUT2D eigenvalue weighted by molar-refractivity contribution is -0.153. The number of likely N-dealkylation sites (N-methyl/N-ethyl adjacent to an activating group) is 2. The third-order valence-corrected chi connectivity index (χ3v) is 9.82. The van der Waals surface area contributed by atoms with Crippen LogP contribution in [0.25, 0.3) is 0 Å². The van der Waals surface area contributed by atoms with Crippen LogP contribution in [0.3, 0.4) is 0 Å². The van der Waals surface area contributed by atoms with E-state index in [2.05, 4.69) is 43.1 Å². The minimum absolute atomic E-state index is 0.0853. The van der Waals surface area contributed by atoms with E-state index in [1.54, 1.807) is 11.9 Å². The van der Waals surface area contributed by atoms with Gasteiger partial charge in [0.05, 0.1) is 6.04 Å². The van der Waals surface area contributed by atoms with E-state index >= 15 is 0 Å². The molecule has 1 aliphatic rings. The van der Waals surface area contributed by atoms with E-state index in [1.807, 2.05) is 7.05 Å². The van der Waals surface area contributed by atoms with Gasteiger partial charge in [-0.15, -0.1) is 0 Å². The summed E-state index contributed by atoms with van der Waals surface area (Å²) in [5, 5.41) is 0. The second-order valence-corrected chi connectivity index (χ2v) is 14.8. The summed E-state index contributed by atoms with van der Waals surface area (Å²) in [5.74, 6) is -0.612. The van der Waals surface area contributed by atoms with Gasteiger partial charge in [0, 0.05) is 33.0 Å². The molecule has 8 nitrogen and oxygen atoms in total. The summed E-state index contributed by atoms with van der Waals surface area (Å²) < 4.78 is 16.6. The zero-order valence-corrected chi connectivity index (χ0v) is 33.5. The predicted octanol–water partition coefficient (Wildman–Crippen LogP) is 11.1. The van der Waals surface area contributed by atoms with E-state index in [0.29, 0.717) is 12.8 Å². The first-order valence-corrected chi connectivity index (χ1v) is 21.1. The van der Waals surface area contributed by atoms with Crippen LogP contribution in [0.5, 0.6) is 0 Å². The zero-order chi connectivity index (χ0) is 37.2. The summed E-state index contributed by atoms with van der Waals surface area (Å²) in [4.78, 5) is 41.5. The Bertz CT molecular complexity index is 916. The quantitative estimate of drug-likeness (QED) is 0.0283. The number of hydrogen-bond donors (Lipinski definition) is 0. The fourth-order valence-electron chi connectivity index (χ4n) is 6.29. The second-order valence-electron chi connectivity index (χ2n) is 14.8. The van der Waals surface area contributed by atoms with Crippen LogP contribution in [0.2, 0.25) is 0 Å². The molecular weight excluding hydrogens is 640 g/mol. The van der Waals surface area contributed by atoms with Crippen molar-refractivity contribution >= 4 is 18.0 Å². The van der Waals surface area contributed by atoms with Gasteiger partial charge < -0.3 is 24.0 Å². The van der Waals surface area contributed by atoms with Crippen LogP contribution >= 0.6 is 0 Å². The smallest absolute Gasteiger partial charge is 0.410 e. The molecule has 0 aliphatic carbocycles. The normalized spacial score (nSPS) is 14.2. The number of amides is 1. The van der Waals surface area contributed by atoms with Gasteiger partial charge in [-0.05, 0) is 52.0 Å². The highest BCUT2D eigenvalue weighted by atomic mass is 16.6. The first kappa shape index (κ1) is 46.7. The van der Waals surface area contributed by atoms with Crippen LogP contribution in [0.1, 0.15) is 181 Å². The van der Waals surface area contributed by atoms with Gasteiger partial charge in [-0.1, -0.05) is 147 Å². The number of rotatable bonds is 34. The summed E-state index contributed by atoms with van der Waals surface area (Å²) >= 11 is 0. The summed E-state index contributed by atoms with van der Waals surface area (Å²) in [6, 6.07) is 0.0853. The molecule has 0 N–H and O–H groups in total. The van der Waals surface area contributed by atoms with Gasteiger partial charge in [0.2, 0.25) is 0 Å². The van der Waals surface area contributed by atoms with E-state index in [0.717, 1.165) is 77.3 Å². The Balaban J connectivity index is 2.23. The molecular formula is C43H78N2O6. The summed E-state index contributed by atoms with van der Waals surface area (Å²) in [7, 11) is 3.72. The molecule has 1 aliphatic heterocycles. The van der Waals surface area contributed by atoms with E-state index in [-0.39, 0.29) is 31.2 Å². The van der Waals surface area contributed by atoms with E-state index in [1.165, 1.54) is 89.9 Å². The van der Waals surface area contributed by atoms with Gasteiger partial charge in [-0.25, -0.2) is 4.79 Å². The number of likely N-dealkylation sites (tertiary alicyclic amines) is 1. The molecule has 1 saturated heterocycles. The zero-order valence-electron chi connectivity index (χ0n) is 33.5. The van der Waals surface area contributed by atoms with Gasteiger partial charge in [-0.3, -0.25) is 9.59 Å². The average molecular weight is 719 g/mol. The SMILES string of the molecule is CCCCC/C=C\C/C=C\CCCCCCCC(=O)OCC(COC(=O)CCCCCCCCCCCCCCC)OC(=O)N(C)C1CN(C)C1. The molecule has 0 radical (unpaired) electrons. The van der Waals surface area contributed by atoms with Gasteiger partial charge in [0.1, 0.15) is 13.2 Å². The first-order valence-electron chi connectivity index (χ1n) is 21.1. The van der Waals surface area contributed by atoms with Gasteiger partial charge in [0.15, 0.2) is 6.10 Å². The third-order valence-electron chi connectivity index (χ3n) is 9.82. The number of hydrogen-bond acceptors (Lipinski definition) is 7. The van der Waals surface area contributed by atoms with Crippen LogP contribution in [-0.4, -0.2) is 80.4 Å². The fourth-order valence-corrected chi connectivity index (χ4v) is 6.29. The van der Waals surface area contributed by atoms with Crippen molar-refractivity contribution < 1.29 is 28.6 Å². The third kappa shape index (κ3) is 27.9. The lowest BCUT2D eigenvalue weighted by Crippen LogP contribution is -2.58. The molecule has 1 heterocycles. The van der Waals surface area contributed by atoms with Crippen LogP contribution in [0, 0.1) is 0 Å². The Morgan fingerprint density at radius 1 is 0.608 bits per heavy atom. The van der Waals surface area contributed by atoms with Crippen LogP contribution in [0.4, 0.5) is 4.79 Å². The van der Waals surface area contributed by atoms with Crippen LogP contribution in [0.15, 0.2) is 24.3 Å².